The van der Waals surface area contributed by atoms with Crippen LogP contribution in [0.5, 0.6) is 0 Å². The van der Waals surface area contributed by atoms with Gasteiger partial charge in [0.1, 0.15) is 0 Å². The lowest BCUT2D eigenvalue weighted by Crippen LogP contribution is -2.13. The Morgan fingerprint density at radius 2 is 1.72 bits per heavy atom. The van der Waals surface area contributed by atoms with E-state index in [9.17, 15) is 4.79 Å². The van der Waals surface area contributed by atoms with Crippen molar-refractivity contribution in [2.45, 2.75) is 19.4 Å². The van der Waals surface area contributed by atoms with Crippen LogP contribution in [0.2, 0.25) is 10.0 Å². The minimum Gasteiger partial charge on any atom is -0.309 e. The maximum atomic E-state index is 12.1. The molecule has 0 fully saturated rings. The van der Waals surface area contributed by atoms with Crippen LogP contribution in [0.4, 0.5) is 5.82 Å². The number of carbonyl (C=O) groups is 1. The van der Waals surface area contributed by atoms with Crippen molar-refractivity contribution in [2.24, 2.45) is 0 Å². The van der Waals surface area contributed by atoms with Gasteiger partial charge in [-0.05, 0) is 24.1 Å². The second kappa shape index (κ2) is 8.19. The van der Waals surface area contributed by atoms with Crippen LogP contribution in [0, 0.1) is 0 Å². The topological polar surface area (TPSA) is 46.9 Å². The Hall–Kier alpha value is -2.30. The van der Waals surface area contributed by atoms with Gasteiger partial charge in [0.15, 0.2) is 5.82 Å². The fourth-order valence-corrected chi connectivity index (χ4v) is 2.99. The lowest BCUT2D eigenvalue weighted by molar-refractivity contribution is -0.116. The summed E-state index contributed by atoms with van der Waals surface area (Å²) in [6.07, 6.45) is 2.89. The van der Waals surface area contributed by atoms with Gasteiger partial charge in [0.2, 0.25) is 5.91 Å². The summed E-state index contributed by atoms with van der Waals surface area (Å²) in [6, 6.07) is 17.0. The summed E-state index contributed by atoms with van der Waals surface area (Å²) in [4.78, 5) is 12.1. The fraction of sp³-hybridized carbons (Fsp3) is 0.158. The summed E-state index contributed by atoms with van der Waals surface area (Å²) in [5.41, 5.74) is 1.94. The average Bonchev–Trinajstić information content (AvgIpc) is 3.04. The van der Waals surface area contributed by atoms with Crippen LogP contribution in [0.15, 0.2) is 60.8 Å². The first kappa shape index (κ1) is 17.5. The Bertz CT molecular complexity index is 842. The molecule has 0 atom stereocenters. The highest BCUT2D eigenvalue weighted by atomic mass is 35.5. The van der Waals surface area contributed by atoms with Crippen LogP contribution < -0.4 is 5.32 Å². The van der Waals surface area contributed by atoms with E-state index in [1.807, 2.05) is 30.3 Å². The van der Waals surface area contributed by atoms with E-state index in [1.54, 1.807) is 35.1 Å². The summed E-state index contributed by atoms with van der Waals surface area (Å²) >= 11 is 12.3. The second-order valence-electron chi connectivity index (χ2n) is 5.63. The van der Waals surface area contributed by atoms with Gasteiger partial charge in [-0.2, -0.15) is 5.10 Å². The summed E-state index contributed by atoms with van der Waals surface area (Å²) in [5.74, 6) is 0.450. The summed E-state index contributed by atoms with van der Waals surface area (Å²) in [5, 5.41) is 8.35. The lowest BCUT2D eigenvalue weighted by atomic mass is 10.1. The van der Waals surface area contributed by atoms with Crippen molar-refractivity contribution in [3.63, 3.8) is 0 Å². The number of hydrogen-bond donors (Lipinski definition) is 1. The number of hydrogen-bond acceptors (Lipinski definition) is 2. The molecular weight excluding hydrogens is 357 g/mol. The van der Waals surface area contributed by atoms with E-state index in [-0.39, 0.29) is 5.91 Å². The molecule has 1 amide bonds. The third-order valence-electron chi connectivity index (χ3n) is 3.77. The fourth-order valence-electron chi connectivity index (χ4n) is 2.47. The highest BCUT2D eigenvalue weighted by molar-refractivity contribution is 6.35. The number of nitrogens with one attached hydrogen (secondary N) is 1. The quantitative estimate of drug-likeness (QED) is 0.673. The van der Waals surface area contributed by atoms with Crippen molar-refractivity contribution in [3.8, 4) is 0 Å². The molecule has 6 heteroatoms. The number of halogens is 2. The van der Waals surface area contributed by atoms with E-state index in [2.05, 4.69) is 10.4 Å². The van der Waals surface area contributed by atoms with E-state index < -0.39 is 0 Å². The highest BCUT2D eigenvalue weighted by Gasteiger charge is 2.09. The summed E-state index contributed by atoms with van der Waals surface area (Å²) in [6.45, 7) is 0.443. The van der Waals surface area contributed by atoms with E-state index in [0.29, 0.717) is 35.2 Å². The number of amides is 1. The molecule has 4 nitrogen and oxygen atoms in total. The van der Waals surface area contributed by atoms with Gasteiger partial charge in [0.05, 0.1) is 6.54 Å². The van der Waals surface area contributed by atoms with Gasteiger partial charge in [0.25, 0.3) is 0 Å². The maximum Gasteiger partial charge on any atom is 0.225 e. The standard InChI is InChI=1S/C19H17Cl2N3O/c20-16-7-4-8-17(21)15(16)13-24-12-11-18(23-24)22-19(25)10-9-14-5-2-1-3-6-14/h1-8,11-12H,9-10,13H2,(H,22,23,25). The second-order valence-corrected chi connectivity index (χ2v) is 6.45. The van der Waals surface area contributed by atoms with Gasteiger partial charge in [-0.25, -0.2) is 0 Å². The van der Waals surface area contributed by atoms with Gasteiger partial charge in [-0.15, -0.1) is 0 Å². The molecule has 0 aliphatic rings. The van der Waals surface area contributed by atoms with Gasteiger partial charge >= 0.3 is 0 Å². The minimum absolute atomic E-state index is 0.0649. The van der Waals surface area contributed by atoms with Crippen LogP contribution in [0.1, 0.15) is 17.5 Å². The normalized spacial score (nSPS) is 10.6. The molecule has 1 N–H and O–H groups in total. The zero-order chi connectivity index (χ0) is 17.6. The van der Waals surface area contributed by atoms with E-state index in [0.717, 1.165) is 11.1 Å². The molecular formula is C19H17Cl2N3O. The van der Waals surface area contributed by atoms with Crippen molar-refractivity contribution in [1.29, 1.82) is 0 Å². The molecule has 1 heterocycles. The molecule has 0 bridgehead atoms. The van der Waals surface area contributed by atoms with Crippen LogP contribution in [0.25, 0.3) is 0 Å². The van der Waals surface area contributed by atoms with Crippen molar-refractivity contribution in [1.82, 2.24) is 9.78 Å². The minimum atomic E-state index is -0.0649. The average molecular weight is 374 g/mol. The van der Waals surface area contributed by atoms with E-state index in [1.165, 1.54) is 0 Å². The summed E-state index contributed by atoms with van der Waals surface area (Å²) in [7, 11) is 0. The Kier molecular flexibility index (Phi) is 5.74. The molecule has 1 aromatic heterocycles. The van der Waals surface area contributed by atoms with Crippen LogP contribution in [-0.2, 0) is 17.8 Å². The number of benzene rings is 2. The lowest BCUT2D eigenvalue weighted by Gasteiger charge is -2.07. The van der Waals surface area contributed by atoms with Crippen molar-refractivity contribution < 1.29 is 4.79 Å². The Labute approximate surface area is 156 Å². The first-order valence-corrected chi connectivity index (χ1v) is 8.67. The van der Waals surface area contributed by atoms with Crippen LogP contribution in [0.3, 0.4) is 0 Å². The zero-order valence-corrected chi connectivity index (χ0v) is 15.0. The number of anilines is 1. The van der Waals surface area contributed by atoms with Gasteiger partial charge in [-0.3, -0.25) is 9.48 Å². The molecule has 3 aromatic rings. The van der Waals surface area contributed by atoms with Crippen molar-refractivity contribution in [2.75, 3.05) is 5.32 Å². The Morgan fingerprint density at radius 1 is 1.00 bits per heavy atom. The molecule has 3 rings (SSSR count). The predicted octanol–water partition coefficient (Wildman–Crippen LogP) is 4.81. The Morgan fingerprint density at radius 3 is 2.44 bits per heavy atom. The SMILES string of the molecule is O=C(CCc1ccccc1)Nc1ccn(Cc2c(Cl)cccc2Cl)n1. The molecule has 2 aromatic carbocycles. The number of aromatic nitrogens is 2. The smallest absolute Gasteiger partial charge is 0.225 e. The van der Waals surface area contributed by atoms with Gasteiger partial charge < -0.3 is 5.32 Å². The third-order valence-corrected chi connectivity index (χ3v) is 4.48. The molecule has 0 aliphatic carbocycles. The van der Waals surface area contributed by atoms with Gasteiger partial charge in [0, 0.05) is 34.3 Å². The molecule has 0 saturated carbocycles. The predicted molar refractivity (Wildman–Crippen MR) is 101 cm³/mol. The molecule has 0 saturated heterocycles. The first-order valence-electron chi connectivity index (χ1n) is 7.92. The molecule has 0 radical (unpaired) electrons. The Balaban J connectivity index is 1.57. The van der Waals surface area contributed by atoms with E-state index in [4.69, 9.17) is 23.2 Å². The molecule has 0 spiro atoms. The maximum absolute atomic E-state index is 12.1. The molecule has 0 aliphatic heterocycles. The first-order chi connectivity index (χ1) is 12.1. The number of aryl methyl sites for hydroxylation is 1. The molecule has 128 valence electrons. The van der Waals surface area contributed by atoms with Crippen molar-refractivity contribution >= 4 is 34.9 Å². The molecule has 25 heavy (non-hydrogen) atoms. The van der Waals surface area contributed by atoms with Crippen LogP contribution >= 0.6 is 23.2 Å². The van der Waals surface area contributed by atoms with Gasteiger partial charge in [-0.1, -0.05) is 59.6 Å². The largest absolute Gasteiger partial charge is 0.309 e. The monoisotopic (exact) mass is 373 g/mol. The zero-order valence-electron chi connectivity index (χ0n) is 13.5. The van der Waals surface area contributed by atoms with Crippen molar-refractivity contribution in [3.05, 3.63) is 82.0 Å². The number of rotatable bonds is 6. The number of nitrogens with zero attached hydrogens (tertiary/aromatic N) is 2. The third kappa shape index (κ3) is 4.84. The van der Waals surface area contributed by atoms with E-state index >= 15 is 0 Å². The molecule has 0 unspecified atom stereocenters. The number of carbonyl (C=O) groups excluding carboxylic acids is 1. The van der Waals surface area contributed by atoms with Crippen LogP contribution in [-0.4, -0.2) is 15.7 Å². The highest BCUT2D eigenvalue weighted by Crippen LogP contribution is 2.25. The summed E-state index contributed by atoms with van der Waals surface area (Å²) < 4.78 is 1.69.